The number of carboxylic acid groups (broad SMARTS) is 1. The summed E-state index contributed by atoms with van der Waals surface area (Å²) in [4.78, 5) is 13.2. The quantitative estimate of drug-likeness (QED) is 0.799. The monoisotopic (exact) mass is 205 g/mol. The molecule has 0 spiro atoms. The lowest BCUT2D eigenvalue weighted by molar-refractivity contribution is -0.142. The maximum Gasteiger partial charge on any atom is 0.308 e. The minimum atomic E-state index is -0.687. The fourth-order valence-corrected chi connectivity index (χ4v) is 2.34. The first-order chi connectivity index (χ1) is 7.20. The molecule has 1 aromatic rings. The van der Waals surface area contributed by atoms with Gasteiger partial charge in [-0.15, -0.1) is 0 Å². The van der Waals surface area contributed by atoms with E-state index in [1.165, 1.54) is 0 Å². The number of rotatable bonds is 2. The molecule has 2 atom stereocenters. The average molecular weight is 205 g/mol. The van der Waals surface area contributed by atoms with Crippen LogP contribution in [0.2, 0.25) is 0 Å². The van der Waals surface area contributed by atoms with Gasteiger partial charge in [0, 0.05) is 6.04 Å². The molecule has 1 aliphatic heterocycles. The first-order valence-corrected chi connectivity index (χ1v) is 5.18. The van der Waals surface area contributed by atoms with Crippen LogP contribution in [0.25, 0.3) is 0 Å². The Labute approximate surface area is 89.3 Å². The predicted molar refractivity (Wildman–Crippen MR) is 57.6 cm³/mol. The van der Waals surface area contributed by atoms with Gasteiger partial charge in [0.2, 0.25) is 0 Å². The summed E-state index contributed by atoms with van der Waals surface area (Å²) in [5.74, 6) is -0.953. The van der Waals surface area contributed by atoms with Crippen molar-refractivity contribution in [1.82, 2.24) is 4.90 Å². The van der Waals surface area contributed by atoms with Gasteiger partial charge in [-0.05, 0) is 25.6 Å². The van der Waals surface area contributed by atoms with Gasteiger partial charge in [0.1, 0.15) is 0 Å². The minimum Gasteiger partial charge on any atom is -0.481 e. The van der Waals surface area contributed by atoms with Crippen LogP contribution in [0.4, 0.5) is 0 Å². The topological polar surface area (TPSA) is 40.5 Å². The van der Waals surface area contributed by atoms with Crippen molar-refractivity contribution in [2.75, 3.05) is 13.6 Å². The van der Waals surface area contributed by atoms with E-state index in [0.717, 1.165) is 18.5 Å². The van der Waals surface area contributed by atoms with Crippen LogP contribution in [0, 0.1) is 5.92 Å². The Hall–Kier alpha value is -1.35. The molecule has 3 heteroatoms. The third-order valence-corrected chi connectivity index (χ3v) is 3.11. The second-order valence-electron chi connectivity index (χ2n) is 4.07. The van der Waals surface area contributed by atoms with Crippen molar-refractivity contribution in [3.8, 4) is 0 Å². The number of benzene rings is 1. The molecule has 3 nitrogen and oxygen atoms in total. The van der Waals surface area contributed by atoms with Crippen LogP contribution in [0.1, 0.15) is 18.0 Å². The highest BCUT2D eigenvalue weighted by Crippen LogP contribution is 2.35. The minimum absolute atomic E-state index is 0.0312. The summed E-state index contributed by atoms with van der Waals surface area (Å²) in [6, 6.07) is 9.91. The molecule has 1 fully saturated rings. The van der Waals surface area contributed by atoms with E-state index in [1.54, 1.807) is 0 Å². The molecule has 1 aromatic carbocycles. The first-order valence-electron chi connectivity index (χ1n) is 5.18. The van der Waals surface area contributed by atoms with Crippen molar-refractivity contribution >= 4 is 5.97 Å². The Balaban J connectivity index is 2.29. The molecular formula is C12H15NO2. The molecular weight excluding hydrogens is 190 g/mol. The molecule has 1 saturated heterocycles. The van der Waals surface area contributed by atoms with Gasteiger partial charge in [-0.1, -0.05) is 30.3 Å². The molecule has 0 bridgehead atoms. The second-order valence-corrected chi connectivity index (χ2v) is 4.07. The van der Waals surface area contributed by atoms with E-state index in [-0.39, 0.29) is 12.0 Å². The van der Waals surface area contributed by atoms with Gasteiger partial charge in [0.15, 0.2) is 0 Å². The zero-order valence-electron chi connectivity index (χ0n) is 8.76. The summed E-state index contributed by atoms with van der Waals surface area (Å²) in [5, 5.41) is 9.14. The summed E-state index contributed by atoms with van der Waals surface area (Å²) in [5.41, 5.74) is 1.10. The normalized spacial score (nSPS) is 26.7. The standard InChI is InChI=1S/C12H15NO2/c1-13-8-7-10(12(14)15)11(13)9-5-3-2-4-6-9/h2-6,10-11H,7-8H2,1H3,(H,14,15)/t10-,11-/m1/s1. The Morgan fingerprint density at radius 1 is 1.40 bits per heavy atom. The molecule has 2 rings (SSSR count). The van der Waals surface area contributed by atoms with Crippen LogP contribution in [-0.4, -0.2) is 29.6 Å². The lowest BCUT2D eigenvalue weighted by Gasteiger charge is -2.23. The van der Waals surface area contributed by atoms with E-state index >= 15 is 0 Å². The van der Waals surface area contributed by atoms with E-state index in [4.69, 9.17) is 5.11 Å². The third-order valence-electron chi connectivity index (χ3n) is 3.11. The molecule has 0 amide bonds. The van der Waals surface area contributed by atoms with Gasteiger partial charge in [-0.3, -0.25) is 9.69 Å². The molecule has 0 aliphatic carbocycles. The molecule has 0 aromatic heterocycles. The highest BCUT2D eigenvalue weighted by Gasteiger charge is 2.37. The van der Waals surface area contributed by atoms with Gasteiger partial charge in [-0.2, -0.15) is 0 Å². The van der Waals surface area contributed by atoms with Crippen LogP contribution >= 0.6 is 0 Å². The van der Waals surface area contributed by atoms with Crippen molar-refractivity contribution in [2.24, 2.45) is 5.92 Å². The van der Waals surface area contributed by atoms with Crippen molar-refractivity contribution in [3.63, 3.8) is 0 Å². The van der Waals surface area contributed by atoms with Gasteiger partial charge < -0.3 is 5.11 Å². The third kappa shape index (κ3) is 1.88. The predicted octanol–water partition coefficient (Wildman–Crippen LogP) is 1.76. The molecule has 0 unspecified atom stereocenters. The summed E-state index contributed by atoms with van der Waals surface area (Å²) < 4.78 is 0. The summed E-state index contributed by atoms with van der Waals surface area (Å²) >= 11 is 0. The number of hydrogen-bond acceptors (Lipinski definition) is 2. The molecule has 0 saturated carbocycles. The molecule has 1 heterocycles. The number of hydrogen-bond donors (Lipinski definition) is 1. The molecule has 15 heavy (non-hydrogen) atoms. The molecule has 1 N–H and O–H groups in total. The fourth-order valence-electron chi connectivity index (χ4n) is 2.34. The van der Waals surface area contributed by atoms with E-state index in [0.29, 0.717) is 0 Å². The smallest absolute Gasteiger partial charge is 0.308 e. The number of nitrogens with zero attached hydrogens (tertiary/aromatic N) is 1. The fraction of sp³-hybridized carbons (Fsp3) is 0.417. The van der Waals surface area contributed by atoms with Crippen LogP contribution in [-0.2, 0) is 4.79 Å². The highest BCUT2D eigenvalue weighted by atomic mass is 16.4. The van der Waals surface area contributed by atoms with Crippen LogP contribution < -0.4 is 0 Å². The zero-order chi connectivity index (χ0) is 10.8. The Morgan fingerprint density at radius 2 is 2.07 bits per heavy atom. The Morgan fingerprint density at radius 3 is 2.67 bits per heavy atom. The van der Waals surface area contributed by atoms with Gasteiger partial charge >= 0.3 is 5.97 Å². The van der Waals surface area contributed by atoms with Crippen molar-refractivity contribution in [3.05, 3.63) is 35.9 Å². The molecule has 80 valence electrons. The van der Waals surface area contributed by atoms with Gasteiger partial charge in [0.25, 0.3) is 0 Å². The van der Waals surface area contributed by atoms with Crippen molar-refractivity contribution < 1.29 is 9.90 Å². The van der Waals surface area contributed by atoms with Crippen LogP contribution in [0.5, 0.6) is 0 Å². The van der Waals surface area contributed by atoms with Crippen molar-refractivity contribution in [2.45, 2.75) is 12.5 Å². The summed E-state index contributed by atoms with van der Waals surface area (Å²) in [7, 11) is 1.99. The molecule has 0 radical (unpaired) electrons. The highest BCUT2D eigenvalue weighted by molar-refractivity contribution is 5.71. The van der Waals surface area contributed by atoms with E-state index in [1.807, 2.05) is 37.4 Å². The number of carboxylic acids is 1. The lowest BCUT2D eigenvalue weighted by atomic mass is 9.94. The Bertz CT molecular complexity index is 350. The zero-order valence-corrected chi connectivity index (χ0v) is 8.76. The largest absolute Gasteiger partial charge is 0.481 e. The number of likely N-dealkylation sites (tertiary alicyclic amines) is 1. The van der Waals surface area contributed by atoms with E-state index in [2.05, 4.69) is 4.90 Å². The van der Waals surface area contributed by atoms with Crippen molar-refractivity contribution in [1.29, 1.82) is 0 Å². The Kier molecular flexibility index (Phi) is 2.73. The lowest BCUT2D eigenvalue weighted by Crippen LogP contribution is -2.25. The van der Waals surface area contributed by atoms with E-state index in [9.17, 15) is 4.79 Å². The average Bonchev–Trinajstić information content (AvgIpc) is 2.61. The van der Waals surface area contributed by atoms with Gasteiger partial charge in [-0.25, -0.2) is 0 Å². The number of aliphatic carboxylic acids is 1. The summed E-state index contributed by atoms with van der Waals surface area (Å²) in [6.07, 6.45) is 0.741. The maximum absolute atomic E-state index is 11.1. The van der Waals surface area contributed by atoms with Crippen LogP contribution in [0.15, 0.2) is 30.3 Å². The van der Waals surface area contributed by atoms with Crippen LogP contribution in [0.3, 0.4) is 0 Å². The first kappa shape index (κ1) is 10.2. The van der Waals surface area contributed by atoms with Gasteiger partial charge in [0.05, 0.1) is 5.92 Å². The SMILES string of the molecule is CN1CC[C@@H](C(=O)O)[C@H]1c1ccccc1. The molecule has 1 aliphatic rings. The second kappa shape index (κ2) is 4.03. The van der Waals surface area contributed by atoms with E-state index < -0.39 is 5.97 Å². The number of carbonyl (C=O) groups is 1. The summed E-state index contributed by atoms with van der Waals surface area (Å²) in [6.45, 7) is 0.858. The maximum atomic E-state index is 11.1.